The minimum Gasteiger partial charge on any atom is -0.465 e. The molecule has 0 aromatic rings. The molecule has 1 aliphatic heterocycles. The van der Waals surface area contributed by atoms with Gasteiger partial charge in [-0.2, -0.15) is 0 Å². The highest BCUT2D eigenvalue weighted by Crippen LogP contribution is 2.43. The van der Waals surface area contributed by atoms with E-state index in [9.17, 15) is 4.79 Å². The molecule has 1 saturated carbocycles. The molecule has 0 spiro atoms. The standard InChI is InChI=1S/C11H18O2/c1-11-7-5-3-2-4-6-9(11)10(12)13-8-11/h9H,2-8H2,1H3/t9-,11-/m1/s1. The zero-order chi connectivity index (χ0) is 9.31. The smallest absolute Gasteiger partial charge is 0.309 e. The molecule has 2 nitrogen and oxygen atoms in total. The van der Waals surface area contributed by atoms with Crippen LogP contribution in [0.5, 0.6) is 0 Å². The molecule has 1 heterocycles. The van der Waals surface area contributed by atoms with Crippen LogP contribution in [0.3, 0.4) is 0 Å². The molecule has 0 bridgehead atoms. The van der Waals surface area contributed by atoms with Crippen LogP contribution in [0.2, 0.25) is 0 Å². The maximum Gasteiger partial charge on any atom is 0.309 e. The largest absolute Gasteiger partial charge is 0.465 e. The second kappa shape index (κ2) is 3.32. The first-order valence-corrected chi connectivity index (χ1v) is 5.39. The van der Waals surface area contributed by atoms with Crippen LogP contribution >= 0.6 is 0 Å². The number of hydrogen-bond acceptors (Lipinski definition) is 2. The molecule has 74 valence electrons. The number of hydrogen-bond donors (Lipinski definition) is 0. The summed E-state index contributed by atoms with van der Waals surface area (Å²) >= 11 is 0. The third kappa shape index (κ3) is 1.59. The van der Waals surface area contributed by atoms with Gasteiger partial charge in [-0.25, -0.2) is 0 Å². The van der Waals surface area contributed by atoms with E-state index in [4.69, 9.17) is 4.74 Å². The van der Waals surface area contributed by atoms with Crippen molar-refractivity contribution >= 4 is 5.97 Å². The summed E-state index contributed by atoms with van der Waals surface area (Å²) in [5.41, 5.74) is 0.164. The molecular weight excluding hydrogens is 164 g/mol. The van der Waals surface area contributed by atoms with Crippen molar-refractivity contribution in [2.45, 2.75) is 45.4 Å². The van der Waals surface area contributed by atoms with E-state index in [1.165, 1.54) is 32.1 Å². The van der Waals surface area contributed by atoms with Crippen LogP contribution in [-0.2, 0) is 9.53 Å². The number of esters is 1. The second-order valence-electron chi connectivity index (χ2n) is 4.77. The fourth-order valence-corrected chi connectivity index (χ4v) is 2.67. The van der Waals surface area contributed by atoms with Crippen molar-refractivity contribution in [3.8, 4) is 0 Å². The van der Waals surface area contributed by atoms with Crippen LogP contribution in [0, 0.1) is 11.3 Å². The Morgan fingerprint density at radius 1 is 1.31 bits per heavy atom. The van der Waals surface area contributed by atoms with Gasteiger partial charge in [0.25, 0.3) is 0 Å². The number of ether oxygens (including phenoxy) is 1. The molecule has 2 atom stereocenters. The summed E-state index contributed by atoms with van der Waals surface area (Å²) in [6, 6.07) is 0. The van der Waals surface area contributed by atoms with Crippen LogP contribution < -0.4 is 0 Å². The van der Waals surface area contributed by atoms with Crippen LogP contribution in [0.1, 0.15) is 45.4 Å². The van der Waals surface area contributed by atoms with Crippen LogP contribution in [-0.4, -0.2) is 12.6 Å². The van der Waals surface area contributed by atoms with Gasteiger partial charge in [0.2, 0.25) is 0 Å². The van der Waals surface area contributed by atoms with Crippen molar-refractivity contribution in [2.24, 2.45) is 11.3 Å². The quantitative estimate of drug-likeness (QED) is 0.538. The average Bonchev–Trinajstić information content (AvgIpc) is 2.32. The van der Waals surface area contributed by atoms with Gasteiger partial charge in [-0.1, -0.05) is 32.6 Å². The van der Waals surface area contributed by atoms with Crippen molar-refractivity contribution in [2.75, 3.05) is 6.61 Å². The van der Waals surface area contributed by atoms with Crippen LogP contribution in [0.25, 0.3) is 0 Å². The Kier molecular flexibility index (Phi) is 2.31. The summed E-state index contributed by atoms with van der Waals surface area (Å²) in [6.07, 6.45) is 7.31. The topological polar surface area (TPSA) is 26.3 Å². The molecule has 0 aromatic heterocycles. The predicted molar refractivity (Wildman–Crippen MR) is 50.3 cm³/mol. The number of carbonyl (C=O) groups excluding carboxylic acids is 1. The zero-order valence-electron chi connectivity index (χ0n) is 8.34. The highest BCUT2D eigenvalue weighted by molar-refractivity contribution is 5.75. The highest BCUT2D eigenvalue weighted by atomic mass is 16.5. The van der Waals surface area contributed by atoms with Crippen LogP contribution in [0.15, 0.2) is 0 Å². The van der Waals surface area contributed by atoms with E-state index in [1.807, 2.05) is 0 Å². The summed E-state index contributed by atoms with van der Waals surface area (Å²) in [4.78, 5) is 11.5. The molecule has 2 aliphatic rings. The Morgan fingerprint density at radius 2 is 2.08 bits per heavy atom. The Balaban J connectivity index is 2.12. The van der Waals surface area contributed by atoms with Gasteiger partial charge < -0.3 is 4.74 Å². The summed E-state index contributed by atoms with van der Waals surface area (Å²) < 4.78 is 5.18. The summed E-state index contributed by atoms with van der Waals surface area (Å²) in [6.45, 7) is 2.88. The molecule has 1 aliphatic carbocycles. The maximum absolute atomic E-state index is 11.5. The molecule has 1 saturated heterocycles. The monoisotopic (exact) mass is 182 g/mol. The van der Waals surface area contributed by atoms with Gasteiger partial charge in [-0.15, -0.1) is 0 Å². The zero-order valence-corrected chi connectivity index (χ0v) is 8.34. The third-order valence-electron chi connectivity index (χ3n) is 3.66. The van der Waals surface area contributed by atoms with E-state index in [-0.39, 0.29) is 17.3 Å². The summed E-state index contributed by atoms with van der Waals surface area (Å²) in [5, 5.41) is 0. The highest BCUT2D eigenvalue weighted by Gasteiger charge is 2.46. The van der Waals surface area contributed by atoms with Crippen molar-refractivity contribution in [1.29, 1.82) is 0 Å². The molecule has 0 unspecified atom stereocenters. The lowest BCUT2D eigenvalue weighted by Gasteiger charge is -2.29. The van der Waals surface area contributed by atoms with Crippen molar-refractivity contribution in [3.05, 3.63) is 0 Å². The first-order valence-electron chi connectivity index (χ1n) is 5.39. The first kappa shape index (κ1) is 9.04. The minimum absolute atomic E-state index is 0.0596. The molecule has 2 fully saturated rings. The van der Waals surface area contributed by atoms with Gasteiger partial charge in [-0.05, 0) is 12.8 Å². The number of fused-ring (bicyclic) bond motifs is 1. The fraction of sp³-hybridized carbons (Fsp3) is 0.909. The molecule has 2 rings (SSSR count). The maximum atomic E-state index is 11.5. The normalized spacial score (nSPS) is 40.4. The minimum atomic E-state index is 0.0596. The van der Waals surface area contributed by atoms with E-state index in [0.29, 0.717) is 6.61 Å². The lowest BCUT2D eigenvalue weighted by Crippen LogP contribution is -2.28. The van der Waals surface area contributed by atoms with Crippen LogP contribution in [0.4, 0.5) is 0 Å². The van der Waals surface area contributed by atoms with Gasteiger partial charge in [0, 0.05) is 5.41 Å². The van der Waals surface area contributed by atoms with Gasteiger partial charge in [0.1, 0.15) is 0 Å². The van der Waals surface area contributed by atoms with E-state index in [1.54, 1.807) is 0 Å². The first-order chi connectivity index (χ1) is 6.22. The fourth-order valence-electron chi connectivity index (χ4n) is 2.67. The third-order valence-corrected chi connectivity index (χ3v) is 3.66. The Bertz CT molecular complexity index is 212. The van der Waals surface area contributed by atoms with Crippen molar-refractivity contribution < 1.29 is 9.53 Å². The molecule has 0 N–H and O–H groups in total. The van der Waals surface area contributed by atoms with Gasteiger partial charge in [-0.3, -0.25) is 4.79 Å². The summed E-state index contributed by atoms with van der Waals surface area (Å²) in [7, 11) is 0. The van der Waals surface area contributed by atoms with E-state index in [2.05, 4.69) is 6.92 Å². The molecule has 0 radical (unpaired) electrons. The average molecular weight is 182 g/mol. The number of rotatable bonds is 0. The van der Waals surface area contributed by atoms with Gasteiger partial charge >= 0.3 is 5.97 Å². The van der Waals surface area contributed by atoms with Crippen molar-refractivity contribution in [3.63, 3.8) is 0 Å². The van der Waals surface area contributed by atoms with E-state index in [0.717, 1.165) is 6.42 Å². The summed E-state index contributed by atoms with van der Waals surface area (Å²) in [5.74, 6) is 0.261. The SMILES string of the molecule is C[C@]12CCCCCC[C@@H]1C(=O)OC2. The Morgan fingerprint density at radius 3 is 2.92 bits per heavy atom. The van der Waals surface area contributed by atoms with Gasteiger partial charge in [0.05, 0.1) is 12.5 Å². The molecule has 0 aromatic carbocycles. The lowest BCUT2D eigenvalue weighted by atomic mass is 9.72. The van der Waals surface area contributed by atoms with Crippen molar-refractivity contribution in [1.82, 2.24) is 0 Å². The Labute approximate surface area is 79.7 Å². The Hall–Kier alpha value is -0.530. The number of cyclic esters (lactones) is 1. The molecule has 2 heteroatoms. The molecular formula is C11H18O2. The molecule has 0 amide bonds. The molecule has 13 heavy (non-hydrogen) atoms. The van der Waals surface area contributed by atoms with E-state index < -0.39 is 0 Å². The predicted octanol–water partition coefficient (Wildman–Crippen LogP) is 2.52. The van der Waals surface area contributed by atoms with E-state index >= 15 is 0 Å². The number of carbonyl (C=O) groups is 1. The second-order valence-corrected chi connectivity index (χ2v) is 4.77. The van der Waals surface area contributed by atoms with Gasteiger partial charge in [0.15, 0.2) is 0 Å². The lowest BCUT2D eigenvalue weighted by molar-refractivity contribution is -0.141.